The number of imidazole rings is 1. The Morgan fingerprint density at radius 2 is 2.64 bits per heavy atom. The first kappa shape index (κ1) is 6.65. The molecule has 1 N–H and O–H groups in total. The fourth-order valence-electron chi connectivity index (χ4n) is 1.70. The lowest BCUT2D eigenvalue weighted by Gasteiger charge is -1.91. The van der Waals surface area contributed by atoms with Crippen LogP contribution in [0.25, 0.3) is 0 Å². The van der Waals surface area contributed by atoms with Crippen LogP contribution in [-0.2, 0) is 19.4 Å². The molecule has 0 spiro atoms. The van der Waals surface area contributed by atoms with E-state index in [1.165, 1.54) is 30.9 Å². The van der Waals surface area contributed by atoms with E-state index in [0.29, 0.717) is 0 Å². The minimum absolute atomic E-state index is 0.983. The largest absolute Gasteiger partial charge is 0.254 e. The number of rotatable bonds is 2. The third-order valence-corrected chi connectivity index (χ3v) is 2.23. The molecule has 0 amide bonds. The lowest BCUT2D eigenvalue weighted by molar-refractivity contribution is -0.696. The molecule has 0 bridgehead atoms. The van der Waals surface area contributed by atoms with E-state index in [0.717, 1.165) is 6.42 Å². The van der Waals surface area contributed by atoms with Gasteiger partial charge in [0.2, 0.25) is 0 Å². The highest BCUT2D eigenvalue weighted by Gasteiger charge is 2.21. The lowest BCUT2D eigenvalue weighted by Crippen LogP contribution is -2.34. The molecule has 1 aliphatic rings. The van der Waals surface area contributed by atoms with Crippen LogP contribution >= 0.6 is 0 Å². The van der Waals surface area contributed by atoms with Gasteiger partial charge in [0.05, 0.1) is 13.0 Å². The second-order valence-electron chi connectivity index (χ2n) is 2.97. The predicted molar refractivity (Wildman–Crippen MR) is 43.2 cm³/mol. The van der Waals surface area contributed by atoms with E-state index >= 15 is 0 Å². The molecular weight excluding hydrogens is 136 g/mol. The van der Waals surface area contributed by atoms with Crippen LogP contribution in [0.5, 0.6) is 0 Å². The second-order valence-corrected chi connectivity index (χ2v) is 2.97. The third kappa shape index (κ3) is 0.985. The van der Waals surface area contributed by atoms with Crippen molar-refractivity contribution in [3.8, 4) is 0 Å². The fourth-order valence-corrected chi connectivity index (χ4v) is 1.70. The summed E-state index contributed by atoms with van der Waals surface area (Å²) in [6.07, 6.45) is 7.52. The minimum Gasteiger partial charge on any atom is -0.247 e. The van der Waals surface area contributed by atoms with Crippen molar-refractivity contribution >= 4 is 0 Å². The van der Waals surface area contributed by atoms with Gasteiger partial charge in [-0.05, 0) is 6.42 Å². The number of hydrogen-bond donors (Lipinski definition) is 1. The summed E-state index contributed by atoms with van der Waals surface area (Å²) in [5, 5.41) is 0. The normalized spacial score (nSPS) is 14.9. The highest BCUT2D eigenvalue weighted by Crippen LogP contribution is 2.06. The van der Waals surface area contributed by atoms with E-state index in [1.807, 2.05) is 6.08 Å². The van der Waals surface area contributed by atoms with Gasteiger partial charge in [-0.3, -0.25) is 0 Å². The van der Waals surface area contributed by atoms with Crippen molar-refractivity contribution in [2.75, 3.05) is 0 Å². The highest BCUT2D eigenvalue weighted by molar-refractivity contribution is 4.98. The molecule has 1 aliphatic heterocycles. The first-order chi connectivity index (χ1) is 5.42. The molecule has 1 aromatic rings. The van der Waals surface area contributed by atoms with E-state index in [1.54, 1.807) is 0 Å². The van der Waals surface area contributed by atoms with Crippen LogP contribution in [0, 0.1) is 0 Å². The van der Waals surface area contributed by atoms with E-state index in [-0.39, 0.29) is 0 Å². The molecule has 0 aromatic carbocycles. The number of aryl methyl sites for hydroxylation is 1. The Labute approximate surface area is 66.6 Å². The van der Waals surface area contributed by atoms with Crippen molar-refractivity contribution in [3.05, 3.63) is 30.4 Å². The van der Waals surface area contributed by atoms with Crippen LogP contribution in [0.2, 0.25) is 0 Å². The molecule has 0 atom stereocenters. The first-order valence-corrected chi connectivity index (χ1v) is 4.11. The SMILES string of the molecule is C=CCc1c[nH]c2[n+]1CCC2. The first-order valence-electron chi connectivity index (χ1n) is 4.11. The van der Waals surface area contributed by atoms with Gasteiger partial charge in [-0.15, -0.1) is 6.58 Å². The van der Waals surface area contributed by atoms with Gasteiger partial charge >= 0.3 is 0 Å². The number of H-pyrrole nitrogens is 1. The summed E-state index contributed by atoms with van der Waals surface area (Å²) in [7, 11) is 0. The van der Waals surface area contributed by atoms with Crippen LogP contribution in [0.15, 0.2) is 18.9 Å². The molecular formula is C9H13N2+. The topological polar surface area (TPSA) is 19.7 Å². The summed E-state index contributed by atoms with van der Waals surface area (Å²) in [6, 6.07) is 0. The number of aromatic nitrogens is 2. The molecule has 0 radical (unpaired) electrons. The number of hydrogen-bond acceptors (Lipinski definition) is 0. The number of nitrogens with one attached hydrogen (secondary N) is 1. The van der Waals surface area contributed by atoms with E-state index in [4.69, 9.17) is 0 Å². The summed E-state index contributed by atoms with van der Waals surface area (Å²) >= 11 is 0. The Morgan fingerprint density at radius 1 is 1.73 bits per heavy atom. The molecule has 2 rings (SSSR count). The molecule has 11 heavy (non-hydrogen) atoms. The molecule has 0 saturated heterocycles. The Kier molecular flexibility index (Phi) is 1.53. The van der Waals surface area contributed by atoms with Crippen LogP contribution in [0.3, 0.4) is 0 Å². The number of allylic oxidation sites excluding steroid dienone is 1. The van der Waals surface area contributed by atoms with Gasteiger partial charge in [-0.1, -0.05) is 6.08 Å². The molecule has 0 fully saturated rings. The summed E-state index contributed by atoms with van der Waals surface area (Å²) in [6.45, 7) is 4.92. The number of aromatic amines is 1. The van der Waals surface area contributed by atoms with Crippen molar-refractivity contribution < 1.29 is 4.57 Å². The maximum atomic E-state index is 3.73. The van der Waals surface area contributed by atoms with Crippen molar-refractivity contribution in [2.45, 2.75) is 25.8 Å². The van der Waals surface area contributed by atoms with Gasteiger partial charge in [0.1, 0.15) is 11.9 Å². The van der Waals surface area contributed by atoms with E-state index in [2.05, 4.69) is 22.3 Å². The van der Waals surface area contributed by atoms with Gasteiger partial charge in [-0.25, -0.2) is 9.55 Å². The molecule has 2 heteroatoms. The highest BCUT2D eigenvalue weighted by atomic mass is 15.1. The predicted octanol–water partition coefficient (Wildman–Crippen LogP) is 0.977. The summed E-state index contributed by atoms with van der Waals surface area (Å²) in [4.78, 5) is 3.29. The molecule has 2 nitrogen and oxygen atoms in total. The van der Waals surface area contributed by atoms with Gasteiger partial charge in [0, 0.05) is 6.42 Å². The maximum absolute atomic E-state index is 3.73. The lowest BCUT2D eigenvalue weighted by atomic mass is 10.3. The zero-order valence-corrected chi connectivity index (χ0v) is 6.64. The zero-order chi connectivity index (χ0) is 7.68. The molecule has 0 saturated carbocycles. The van der Waals surface area contributed by atoms with Gasteiger partial charge in [0.15, 0.2) is 0 Å². The third-order valence-electron chi connectivity index (χ3n) is 2.23. The number of fused-ring (bicyclic) bond motifs is 1. The van der Waals surface area contributed by atoms with Crippen molar-refractivity contribution in [1.29, 1.82) is 0 Å². The molecule has 2 heterocycles. The molecule has 0 unspecified atom stereocenters. The molecule has 1 aromatic heterocycles. The van der Waals surface area contributed by atoms with Gasteiger partial charge < -0.3 is 0 Å². The van der Waals surface area contributed by atoms with Crippen molar-refractivity contribution in [2.24, 2.45) is 0 Å². The Balaban J connectivity index is 2.34. The van der Waals surface area contributed by atoms with E-state index < -0.39 is 0 Å². The minimum atomic E-state index is 0.983. The zero-order valence-electron chi connectivity index (χ0n) is 6.64. The van der Waals surface area contributed by atoms with E-state index in [9.17, 15) is 0 Å². The number of nitrogens with zero attached hydrogens (tertiary/aromatic N) is 1. The van der Waals surface area contributed by atoms with Crippen LogP contribution in [0.4, 0.5) is 0 Å². The van der Waals surface area contributed by atoms with Gasteiger partial charge in [-0.2, -0.15) is 0 Å². The van der Waals surface area contributed by atoms with Crippen LogP contribution in [0.1, 0.15) is 17.9 Å². The van der Waals surface area contributed by atoms with Crippen molar-refractivity contribution in [3.63, 3.8) is 0 Å². The maximum Gasteiger partial charge on any atom is 0.254 e. The Morgan fingerprint density at radius 3 is 3.45 bits per heavy atom. The average molecular weight is 149 g/mol. The van der Waals surface area contributed by atoms with Crippen LogP contribution < -0.4 is 4.57 Å². The smallest absolute Gasteiger partial charge is 0.247 e. The molecule has 58 valence electrons. The standard InChI is InChI=1S/C9H12N2/c1-2-4-8-7-10-9-5-3-6-11(8)9/h2,7H,1,3-6H2/p+1. The fraction of sp³-hybridized carbons (Fsp3) is 0.444. The van der Waals surface area contributed by atoms with Crippen molar-refractivity contribution in [1.82, 2.24) is 4.98 Å². The Bertz CT molecular complexity index is 273. The monoisotopic (exact) mass is 149 g/mol. The average Bonchev–Trinajstić information content (AvgIpc) is 2.53. The summed E-state index contributed by atoms with van der Waals surface area (Å²) in [5.41, 5.74) is 1.37. The summed E-state index contributed by atoms with van der Waals surface area (Å²) < 4.78 is 2.36. The quantitative estimate of drug-likeness (QED) is 0.477. The van der Waals surface area contributed by atoms with Gasteiger partial charge in [0.25, 0.3) is 5.82 Å². The van der Waals surface area contributed by atoms with Crippen LogP contribution in [-0.4, -0.2) is 4.98 Å². The second kappa shape index (κ2) is 2.53. The molecule has 0 aliphatic carbocycles. The Hall–Kier alpha value is -1.05. The summed E-state index contributed by atoms with van der Waals surface area (Å²) in [5.74, 6) is 1.38.